The molecule has 2 aromatic rings. The van der Waals surface area contributed by atoms with E-state index in [0.717, 1.165) is 17.7 Å². The summed E-state index contributed by atoms with van der Waals surface area (Å²) in [5.74, 6) is 1.17. The van der Waals surface area contributed by atoms with Crippen molar-refractivity contribution in [3.8, 4) is 11.5 Å². The molecule has 8 heteroatoms. The molecular formula is C21H23N3O4S. The molecule has 7 nitrogen and oxygen atoms in total. The van der Waals surface area contributed by atoms with Crippen LogP contribution in [0.15, 0.2) is 47.0 Å². The van der Waals surface area contributed by atoms with Gasteiger partial charge in [0.05, 0.1) is 38.1 Å². The number of hydrogen-bond acceptors (Lipinski definition) is 5. The predicted molar refractivity (Wildman–Crippen MR) is 110 cm³/mol. The molecule has 3 heterocycles. The zero-order chi connectivity index (χ0) is 20.5. The van der Waals surface area contributed by atoms with Gasteiger partial charge in [-0.15, -0.1) is 11.3 Å². The van der Waals surface area contributed by atoms with Gasteiger partial charge in [-0.05, 0) is 35.6 Å². The van der Waals surface area contributed by atoms with Gasteiger partial charge in [-0.25, -0.2) is 4.79 Å². The van der Waals surface area contributed by atoms with E-state index in [1.807, 2.05) is 28.5 Å². The van der Waals surface area contributed by atoms with Crippen molar-refractivity contribution in [2.24, 2.45) is 0 Å². The fraction of sp³-hybridized carbons (Fsp3) is 0.333. The highest BCUT2D eigenvalue weighted by molar-refractivity contribution is 7.09. The van der Waals surface area contributed by atoms with Crippen LogP contribution in [0, 0.1) is 0 Å². The quantitative estimate of drug-likeness (QED) is 0.791. The van der Waals surface area contributed by atoms with Gasteiger partial charge in [-0.3, -0.25) is 9.69 Å². The Labute approximate surface area is 173 Å². The van der Waals surface area contributed by atoms with E-state index in [2.05, 4.69) is 11.4 Å². The third kappa shape index (κ3) is 3.55. The summed E-state index contributed by atoms with van der Waals surface area (Å²) in [4.78, 5) is 30.4. The number of carbonyl (C=O) groups excluding carboxylic acids is 2. The van der Waals surface area contributed by atoms with E-state index in [9.17, 15) is 9.59 Å². The number of thiophene rings is 1. The zero-order valence-electron chi connectivity index (χ0n) is 16.6. The number of hydrogen-bond donors (Lipinski definition) is 1. The number of nitrogens with zero attached hydrogens (tertiary/aromatic N) is 2. The van der Waals surface area contributed by atoms with Crippen LogP contribution in [-0.4, -0.2) is 56.1 Å². The average Bonchev–Trinajstić information content (AvgIpc) is 3.37. The number of carbonyl (C=O) groups is 2. The lowest BCUT2D eigenvalue weighted by molar-refractivity contribution is -0.125. The summed E-state index contributed by atoms with van der Waals surface area (Å²) in [7, 11) is 4.84. The van der Waals surface area contributed by atoms with Gasteiger partial charge in [0, 0.05) is 24.5 Å². The SMILES string of the molecule is COc1cc(OC)cc(C2NC(=O)N(C)C3=C2C(=O)N(CCc2cccs2)C3)c1. The van der Waals surface area contributed by atoms with Crippen molar-refractivity contribution >= 4 is 23.3 Å². The number of urea groups is 1. The summed E-state index contributed by atoms with van der Waals surface area (Å²) in [5.41, 5.74) is 2.11. The second-order valence-electron chi connectivity index (χ2n) is 7.00. The first-order valence-electron chi connectivity index (χ1n) is 9.33. The Hall–Kier alpha value is -3.00. The zero-order valence-corrected chi connectivity index (χ0v) is 17.4. The van der Waals surface area contributed by atoms with E-state index >= 15 is 0 Å². The second kappa shape index (κ2) is 7.79. The highest BCUT2D eigenvalue weighted by Crippen LogP contribution is 2.38. The van der Waals surface area contributed by atoms with Crippen LogP contribution in [0.4, 0.5) is 4.79 Å². The smallest absolute Gasteiger partial charge is 0.322 e. The monoisotopic (exact) mass is 413 g/mol. The van der Waals surface area contributed by atoms with Crippen LogP contribution in [-0.2, 0) is 11.2 Å². The second-order valence-corrected chi connectivity index (χ2v) is 8.04. The molecule has 0 saturated heterocycles. The van der Waals surface area contributed by atoms with Crippen LogP contribution in [0.2, 0.25) is 0 Å². The fourth-order valence-electron chi connectivity index (χ4n) is 3.75. The Kier molecular flexibility index (Phi) is 5.19. The highest BCUT2D eigenvalue weighted by atomic mass is 32.1. The van der Waals surface area contributed by atoms with Crippen molar-refractivity contribution in [2.75, 3.05) is 34.4 Å². The molecule has 1 aromatic heterocycles. The number of benzene rings is 1. The lowest BCUT2D eigenvalue weighted by Crippen LogP contribution is -2.45. The average molecular weight is 413 g/mol. The van der Waals surface area contributed by atoms with Gasteiger partial charge >= 0.3 is 6.03 Å². The maximum atomic E-state index is 13.3. The maximum Gasteiger partial charge on any atom is 0.322 e. The normalized spacial score (nSPS) is 18.8. The summed E-state index contributed by atoms with van der Waals surface area (Å²) >= 11 is 1.68. The van der Waals surface area contributed by atoms with Crippen molar-refractivity contribution in [3.63, 3.8) is 0 Å². The highest BCUT2D eigenvalue weighted by Gasteiger charge is 2.42. The fourth-order valence-corrected chi connectivity index (χ4v) is 4.45. The molecule has 2 aliphatic rings. The molecule has 3 amide bonds. The van der Waals surface area contributed by atoms with E-state index in [0.29, 0.717) is 30.2 Å². The summed E-state index contributed by atoms with van der Waals surface area (Å²) in [6, 6.07) is 8.72. The van der Waals surface area contributed by atoms with Crippen molar-refractivity contribution in [3.05, 3.63) is 57.4 Å². The van der Waals surface area contributed by atoms with E-state index < -0.39 is 6.04 Å². The summed E-state index contributed by atoms with van der Waals surface area (Å²) < 4.78 is 10.7. The molecule has 0 bridgehead atoms. The topological polar surface area (TPSA) is 71.1 Å². The molecule has 1 unspecified atom stereocenters. The molecule has 29 heavy (non-hydrogen) atoms. The van der Waals surface area contributed by atoms with Gasteiger partial charge in [0.15, 0.2) is 0 Å². The third-order valence-electron chi connectivity index (χ3n) is 5.35. The van der Waals surface area contributed by atoms with Gasteiger partial charge in [0.1, 0.15) is 11.5 Å². The lowest BCUT2D eigenvalue weighted by Gasteiger charge is -2.31. The first kappa shape index (κ1) is 19.3. The molecule has 4 rings (SSSR count). The standard InChI is InChI=1S/C21H23N3O4S/c1-23-17-12-24(7-6-16-5-4-8-29-16)20(25)18(17)19(22-21(23)26)13-9-14(27-2)11-15(10-13)28-3/h4-5,8-11,19H,6-7,12H2,1-3H3,(H,22,26). The minimum atomic E-state index is -0.545. The number of amides is 3. The molecule has 0 saturated carbocycles. The first-order chi connectivity index (χ1) is 14.0. The molecule has 0 radical (unpaired) electrons. The largest absolute Gasteiger partial charge is 0.497 e. The lowest BCUT2D eigenvalue weighted by atomic mass is 9.95. The van der Waals surface area contributed by atoms with E-state index in [4.69, 9.17) is 9.47 Å². The Balaban J connectivity index is 1.65. The molecule has 0 aliphatic carbocycles. The number of likely N-dealkylation sites (N-methyl/N-ethyl adjacent to an activating group) is 1. The van der Waals surface area contributed by atoms with Gasteiger partial charge in [0.2, 0.25) is 0 Å². The van der Waals surface area contributed by atoms with Crippen molar-refractivity contribution in [2.45, 2.75) is 12.5 Å². The van der Waals surface area contributed by atoms with Gasteiger partial charge in [-0.1, -0.05) is 6.07 Å². The molecule has 0 spiro atoms. The number of ether oxygens (including phenoxy) is 2. The molecule has 152 valence electrons. The number of nitrogens with one attached hydrogen (secondary N) is 1. The maximum absolute atomic E-state index is 13.3. The van der Waals surface area contributed by atoms with Gasteiger partial charge in [0.25, 0.3) is 5.91 Å². The van der Waals surface area contributed by atoms with Crippen molar-refractivity contribution < 1.29 is 19.1 Å². The summed E-state index contributed by atoms with van der Waals surface area (Å²) in [5, 5.41) is 4.98. The molecule has 1 N–H and O–H groups in total. The summed E-state index contributed by atoms with van der Waals surface area (Å²) in [6.07, 6.45) is 0.798. The van der Waals surface area contributed by atoms with Crippen LogP contribution in [0.5, 0.6) is 11.5 Å². The van der Waals surface area contributed by atoms with Crippen LogP contribution >= 0.6 is 11.3 Å². The predicted octanol–water partition coefficient (Wildman–Crippen LogP) is 2.80. The van der Waals surface area contributed by atoms with Gasteiger partial charge < -0.3 is 19.7 Å². The molecular weight excluding hydrogens is 390 g/mol. The van der Waals surface area contributed by atoms with Crippen molar-refractivity contribution in [1.29, 1.82) is 0 Å². The van der Waals surface area contributed by atoms with Gasteiger partial charge in [-0.2, -0.15) is 0 Å². The molecule has 2 aliphatic heterocycles. The van der Waals surface area contributed by atoms with E-state index in [1.165, 1.54) is 9.78 Å². The minimum Gasteiger partial charge on any atom is -0.497 e. The van der Waals surface area contributed by atoms with E-state index in [-0.39, 0.29) is 11.9 Å². The Morgan fingerprint density at radius 1 is 1.17 bits per heavy atom. The Morgan fingerprint density at radius 2 is 1.90 bits per heavy atom. The first-order valence-corrected chi connectivity index (χ1v) is 10.2. The molecule has 1 atom stereocenters. The molecule has 0 fully saturated rings. The van der Waals surface area contributed by atoms with Crippen LogP contribution < -0.4 is 14.8 Å². The third-order valence-corrected chi connectivity index (χ3v) is 6.29. The van der Waals surface area contributed by atoms with Crippen LogP contribution in [0.3, 0.4) is 0 Å². The Morgan fingerprint density at radius 3 is 2.52 bits per heavy atom. The molecule has 1 aromatic carbocycles. The summed E-state index contributed by atoms with van der Waals surface area (Å²) in [6.45, 7) is 1.05. The minimum absolute atomic E-state index is 0.0461. The van der Waals surface area contributed by atoms with Crippen LogP contribution in [0.1, 0.15) is 16.5 Å². The number of rotatable bonds is 6. The van der Waals surface area contributed by atoms with Crippen LogP contribution in [0.25, 0.3) is 0 Å². The Bertz CT molecular complexity index is 948. The van der Waals surface area contributed by atoms with E-state index in [1.54, 1.807) is 38.7 Å². The van der Waals surface area contributed by atoms with Crippen molar-refractivity contribution in [1.82, 2.24) is 15.1 Å². The number of methoxy groups -OCH3 is 2.